The molecule has 3 aromatic rings. The highest BCUT2D eigenvalue weighted by atomic mass is 79.9. The van der Waals surface area contributed by atoms with Crippen molar-refractivity contribution in [2.45, 2.75) is 6.92 Å². The van der Waals surface area contributed by atoms with Gasteiger partial charge in [-0.15, -0.1) is 0 Å². The Morgan fingerprint density at radius 3 is 2.73 bits per heavy atom. The van der Waals surface area contributed by atoms with Crippen LogP contribution >= 0.6 is 15.9 Å². The molecule has 1 aliphatic rings. The SMILES string of the molecule is CC(=O)n1c(/C=C2\N=C(c3cccc(Br)c3)OC2=O)cc2ccccc21. The fraction of sp³-hybridized carbons (Fsp3) is 0.0500. The molecule has 0 saturated heterocycles. The van der Waals surface area contributed by atoms with Crippen LogP contribution in [0.3, 0.4) is 0 Å². The average molecular weight is 409 g/mol. The third-order valence-corrected chi connectivity index (χ3v) is 4.52. The lowest BCUT2D eigenvalue weighted by Crippen LogP contribution is -2.08. The highest BCUT2D eigenvalue weighted by Gasteiger charge is 2.25. The van der Waals surface area contributed by atoms with Crippen LogP contribution in [0.2, 0.25) is 0 Å². The molecule has 0 unspecified atom stereocenters. The van der Waals surface area contributed by atoms with Gasteiger partial charge in [0.25, 0.3) is 0 Å². The fourth-order valence-corrected chi connectivity index (χ4v) is 3.33. The summed E-state index contributed by atoms with van der Waals surface area (Å²) in [6, 6.07) is 16.7. The number of benzene rings is 2. The molecule has 0 amide bonds. The second-order valence-electron chi connectivity index (χ2n) is 5.83. The van der Waals surface area contributed by atoms with E-state index in [1.807, 2.05) is 54.6 Å². The lowest BCUT2D eigenvalue weighted by Gasteiger charge is -2.02. The lowest BCUT2D eigenvalue weighted by atomic mass is 10.2. The van der Waals surface area contributed by atoms with Crippen molar-refractivity contribution in [3.8, 4) is 0 Å². The van der Waals surface area contributed by atoms with Crippen LogP contribution in [0.15, 0.2) is 69.8 Å². The van der Waals surface area contributed by atoms with Crippen LogP contribution in [0.25, 0.3) is 17.0 Å². The van der Waals surface area contributed by atoms with Crippen molar-refractivity contribution in [3.63, 3.8) is 0 Å². The van der Waals surface area contributed by atoms with Gasteiger partial charge in [0.15, 0.2) is 5.70 Å². The number of nitrogens with zero attached hydrogens (tertiary/aromatic N) is 2. The van der Waals surface area contributed by atoms with Gasteiger partial charge in [-0.25, -0.2) is 9.79 Å². The van der Waals surface area contributed by atoms with Crippen LogP contribution in [0, 0.1) is 0 Å². The van der Waals surface area contributed by atoms with E-state index in [1.165, 1.54) is 6.92 Å². The van der Waals surface area contributed by atoms with Gasteiger partial charge in [0.2, 0.25) is 11.8 Å². The maximum atomic E-state index is 12.2. The Morgan fingerprint density at radius 1 is 1.15 bits per heavy atom. The van der Waals surface area contributed by atoms with Gasteiger partial charge in [0, 0.05) is 22.3 Å². The molecule has 128 valence electrons. The number of fused-ring (bicyclic) bond motifs is 1. The number of aliphatic imine (C=N–C) groups is 1. The molecule has 6 heteroatoms. The van der Waals surface area contributed by atoms with Gasteiger partial charge < -0.3 is 4.74 Å². The zero-order chi connectivity index (χ0) is 18.3. The molecule has 0 saturated carbocycles. The number of cyclic esters (lactones) is 1. The Morgan fingerprint density at radius 2 is 1.96 bits per heavy atom. The second-order valence-corrected chi connectivity index (χ2v) is 6.74. The predicted octanol–water partition coefficient (Wildman–Crippen LogP) is 4.41. The number of aromatic nitrogens is 1. The third-order valence-electron chi connectivity index (χ3n) is 4.03. The van der Waals surface area contributed by atoms with Crippen LogP contribution in [0.4, 0.5) is 0 Å². The number of ether oxygens (including phenoxy) is 1. The summed E-state index contributed by atoms with van der Waals surface area (Å²) in [4.78, 5) is 28.6. The molecule has 0 radical (unpaired) electrons. The summed E-state index contributed by atoms with van der Waals surface area (Å²) in [5.74, 6) is -0.436. The summed E-state index contributed by atoms with van der Waals surface area (Å²) in [5, 5.41) is 0.914. The number of hydrogen-bond acceptors (Lipinski definition) is 4. The maximum Gasteiger partial charge on any atom is 0.363 e. The van der Waals surface area contributed by atoms with Gasteiger partial charge in [0.1, 0.15) is 0 Å². The molecule has 0 N–H and O–H groups in total. The molecule has 0 aliphatic carbocycles. The normalized spacial score (nSPS) is 15.4. The highest BCUT2D eigenvalue weighted by Crippen LogP contribution is 2.25. The number of carbonyl (C=O) groups excluding carboxylic acids is 2. The Kier molecular flexibility index (Phi) is 4.05. The van der Waals surface area contributed by atoms with E-state index in [0.717, 1.165) is 15.4 Å². The Hall–Kier alpha value is -2.99. The first kappa shape index (κ1) is 16.5. The van der Waals surface area contributed by atoms with Crippen molar-refractivity contribution < 1.29 is 14.3 Å². The fourth-order valence-electron chi connectivity index (χ4n) is 2.93. The number of carbonyl (C=O) groups is 2. The van der Waals surface area contributed by atoms with E-state index in [2.05, 4.69) is 20.9 Å². The highest BCUT2D eigenvalue weighted by molar-refractivity contribution is 9.10. The number of hydrogen-bond donors (Lipinski definition) is 0. The Labute approximate surface area is 157 Å². The van der Waals surface area contributed by atoms with E-state index < -0.39 is 5.97 Å². The molecule has 2 heterocycles. The molecular formula is C20H13BrN2O3. The second kappa shape index (κ2) is 6.38. The molecule has 0 fully saturated rings. The van der Waals surface area contributed by atoms with Crippen LogP contribution < -0.4 is 0 Å². The van der Waals surface area contributed by atoms with Crippen molar-refractivity contribution in [2.24, 2.45) is 4.99 Å². The van der Waals surface area contributed by atoms with Crippen molar-refractivity contribution in [2.75, 3.05) is 0 Å². The predicted molar refractivity (Wildman–Crippen MR) is 103 cm³/mol. The summed E-state index contributed by atoms with van der Waals surface area (Å²) < 4.78 is 7.71. The largest absolute Gasteiger partial charge is 0.402 e. The molecular weight excluding hydrogens is 396 g/mol. The van der Waals surface area contributed by atoms with Gasteiger partial charge in [-0.2, -0.15) is 0 Å². The minimum absolute atomic E-state index is 0.138. The zero-order valence-corrected chi connectivity index (χ0v) is 15.4. The molecule has 0 spiro atoms. The Balaban J connectivity index is 1.81. The van der Waals surface area contributed by atoms with Crippen LogP contribution in [0.1, 0.15) is 23.0 Å². The Bertz CT molecular complexity index is 1130. The van der Waals surface area contributed by atoms with Crippen LogP contribution in [-0.4, -0.2) is 22.3 Å². The maximum absolute atomic E-state index is 12.2. The van der Waals surface area contributed by atoms with E-state index in [-0.39, 0.29) is 17.5 Å². The molecule has 1 aliphatic heterocycles. The number of halogens is 1. The smallest absolute Gasteiger partial charge is 0.363 e. The van der Waals surface area contributed by atoms with Crippen molar-refractivity contribution in [3.05, 3.63) is 76.0 Å². The minimum Gasteiger partial charge on any atom is -0.402 e. The monoisotopic (exact) mass is 408 g/mol. The summed E-state index contributed by atoms with van der Waals surface area (Å²) in [6.45, 7) is 1.48. The molecule has 5 nitrogen and oxygen atoms in total. The van der Waals surface area contributed by atoms with Gasteiger partial charge in [0.05, 0.1) is 11.2 Å². The molecule has 4 rings (SSSR count). The molecule has 0 bridgehead atoms. The van der Waals surface area contributed by atoms with E-state index in [1.54, 1.807) is 10.6 Å². The van der Waals surface area contributed by atoms with Crippen molar-refractivity contribution >= 4 is 50.7 Å². The van der Waals surface area contributed by atoms with Gasteiger partial charge in [-0.05, 0) is 36.4 Å². The topological polar surface area (TPSA) is 60.7 Å². The summed E-state index contributed by atoms with van der Waals surface area (Å²) >= 11 is 3.39. The number of para-hydroxylation sites is 1. The number of esters is 1. The van der Waals surface area contributed by atoms with E-state index in [0.29, 0.717) is 11.3 Å². The van der Waals surface area contributed by atoms with Gasteiger partial charge in [-0.3, -0.25) is 9.36 Å². The van der Waals surface area contributed by atoms with Gasteiger partial charge >= 0.3 is 5.97 Å². The quantitative estimate of drug-likeness (QED) is 0.466. The first-order chi connectivity index (χ1) is 12.5. The first-order valence-electron chi connectivity index (χ1n) is 7.93. The summed E-state index contributed by atoms with van der Waals surface area (Å²) in [5.41, 5.74) is 2.23. The average Bonchev–Trinajstić information content (AvgIpc) is 3.15. The lowest BCUT2D eigenvalue weighted by molar-refractivity contribution is -0.129. The van der Waals surface area contributed by atoms with Crippen LogP contribution in [0.5, 0.6) is 0 Å². The molecule has 26 heavy (non-hydrogen) atoms. The van der Waals surface area contributed by atoms with Gasteiger partial charge in [-0.1, -0.05) is 40.2 Å². The third kappa shape index (κ3) is 2.88. The summed E-state index contributed by atoms with van der Waals surface area (Å²) in [6.07, 6.45) is 1.58. The minimum atomic E-state index is -0.541. The standard InChI is InChI=1S/C20H13BrN2O3/c1-12(24)23-16(10-13-5-2-3-8-18(13)23)11-17-20(25)26-19(22-17)14-6-4-7-15(21)9-14/h2-11H,1H3/b17-11-. The molecule has 2 aromatic carbocycles. The number of rotatable bonds is 2. The zero-order valence-electron chi connectivity index (χ0n) is 13.8. The van der Waals surface area contributed by atoms with Crippen molar-refractivity contribution in [1.29, 1.82) is 0 Å². The van der Waals surface area contributed by atoms with E-state index in [4.69, 9.17) is 4.74 Å². The molecule has 1 aromatic heterocycles. The first-order valence-corrected chi connectivity index (χ1v) is 8.72. The summed E-state index contributed by atoms with van der Waals surface area (Å²) in [7, 11) is 0. The van der Waals surface area contributed by atoms with E-state index >= 15 is 0 Å². The van der Waals surface area contributed by atoms with E-state index in [9.17, 15) is 9.59 Å². The van der Waals surface area contributed by atoms with Crippen LogP contribution in [-0.2, 0) is 9.53 Å². The van der Waals surface area contributed by atoms with Crippen molar-refractivity contribution in [1.82, 2.24) is 4.57 Å². The molecule has 0 atom stereocenters.